The molecule has 4 aromatic rings. The summed E-state index contributed by atoms with van der Waals surface area (Å²) in [5.74, 6) is 0.670. The minimum absolute atomic E-state index is 0.0610. The highest BCUT2D eigenvalue weighted by Gasteiger charge is 2.20. The van der Waals surface area contributed by atoms with Crippen molar-refractivity contribution in [2.24, 2.45) is 0 Å². The van der Waals surface area contributed by atoms with Crippen LogP contribution in [0.2, 0.25) is 0 Å². The fraction of sp³-hybridized carbons (Fsp3) is 0.136. The van der Waals surface area contributed by atoms with Crippen LogP contribution < -0.4 is 10.1 Å². The molecular weight excluding hydrogens is 416 g/mol. The van der Waals surface area contributed by atoms with E-state index in [2.05, 4.69) is 20.4 Å². The largest absolute Gasteiger partial charge is 0.485 e. The Balaban J connectivity index is 1.55. The monoisotopic (exact) mass is 434 g/mol. The summed E-state index contributed by atoms with van der Waals surface area (Å²) in [5.41, 5.74) is 1.68. The van der Waals surface area contributed by atoms with Crippen molar-refractivity contribution in [2.45, 2.75) is 20.5 Å². The zero-order valence-electron chi connectivity index (χ0n) is 16.8. The van der Waals surface area contributed by atoms with Gasteiger partial charge in [0.15, 0.2) is 17.5 Å². The van der Waals surface area contributed by atoms with Crippen LogP contribution in [0.1, 0.15) is 38.7 Å². The van der Waals surface area contributed by atoms with Crippen LogP contribution in [-0.4, -0.2) is 26.8 Å². The predicted octanol–water partition coefficient (Wildman–Crippen LogP) is 4.54. The van der Waals surface area contributed by atoms with E-state index < -0.39 is 5.91 Å². The van der Waals surface area contributed by atoms with Crippen molar-refractivity contribution in [3.8, 4) is 17.0 Å². The van der Waals surface area contributed by atoms with Crippen LogP contribution in [0.3, 0.4) is 0 Å². The van der Waals surface area contributed by atoms with Crippen molar-refractivity contribution in [3.63, 3.8) is 0 Å². The number of thiazole rings is 1. The number of para-hydroxylation sites is 1. The Morgan fingerprint density at radius 2 is 1.81 bits per heavy atom. The Labute approximate surface area is 181 Å². The molecule has 0 spiro atoms. The number of hydrogen-bond acceptors (Lipinski definition) is 8. The summed E-state index contributed by atoms with van der Waals surface area (Å²) in [4.78, 5) is 34.1. The Morgan fingerprint density at radius 3 is 2.52 bits per heavy atom. The van der Waals surface area contributed by atoms with Gasteiger partial charge in [0.25, 0.3) is 5.91 Å². The molecule has 0 saturated carbocycles. The van der Waals surface area contributed by atoms with Gasteiger partial charge >= 0.3 is 0 Å². The maximum Gasteiger partial charge on any atom is 0.261 e. The first kappa shape index (κ1) is 20.4. The molecule has 31 heavy (non-hydrogen) atoms. The van der Waals surface area contributed by atoms with Gasteiger partial charge in [-0.25, -0.2) is 4.98 Å². The Bertz CT molecular complexity index is 1230. The third kappa shape index (κ3) is 4.67. The zero-order valence-corrected chi connectivity index (χ0v) is 17.6. The SMILES string of the molecule is CC(=O)c1sc(NC(=O)c2ccccc2OCc2noc(C)n2)nc1-c1ccccc1. The van der Waals surface area contributed by atoms with Gasteiger partial charge in [0.05, 0.1) is 16.1 Å². The van der Waals surface area contributed by atoms with Gasteiger partial charge in [-0.2, -0.15) is 4.98 Å². The van der Waals surface area contributed by atoms with Crippen LogP contribution in [0.15, 0.2) is 59.1 Å². The van der Waals surface area contributed by atoms with Crippen LogP contribution in [-0.2, 0) is 6.61 Å². The number of amides is 1. The number of ketones is 1. The molecule has 156 valence electrons. The maximum absolute atomic E-state index is 12.9. The summed E-state index contributed by atoms with van der Waals surface area (Å²) in [6.45, 7) is 3.23. The summed E-state index contributed by atoms with van der Waals surface area (Å²) >= 11 is 1.14. The van der Waals surface area contributed by atoms with Gasteiger partial charge < -0.3 is 9.26 Å². The molecule has 0 fully saturated rings. The molecule has 1 N–H and O–H groups in total. The molecule has 0 unspecified atom stereocenters. The smallest absolute Gasteiger partial charge is 0.261 e. The summed E-state index contributed by atoms with van der Waals surface area (Å²) in [5, 5.41) is 6.88. The van der Waals surface area contributed by atoms with Crippen molar-refractivity contribution in [1.29, 1.82) is 0 Å². The van der Waals surface area contributed by atoms with E-state index >= 15 is 0 Å². The molecule has 1 amide bonds. The van der Waals surface area contributed by atoms with Crippen molar-refractivity contribution in [1.82, 2.24) is 15.1 Å². The maximum atomic E-state index is 12.9. The minimum atomic E-state index is -0.400. The molecular formula is C22H18N4O4S. The van der Waals surface area contributed by atoms with Crippen LogP contribution >= 0.6 is 11.3 Å². The molecule has 0 aliphatic carbocycles. The highest BCUT2D eigenvalue weighted by molar-refractivity contribution is 7.18. The molecule has 0 saturated heterocycles. The van der Waals surface area contributed by atoms with E-state index in [1.807, 2.05) is 30.3 Å². The first-order valence-corrected chi connectivity index (χ1v) is 10.2. The molecule has 4 rings (SSSR count). The van der Waals surface area contributed by atoms with Gasteiger partial charge in [-0.05, 0) is 12.1 Å². The Morgan fingerprint density at radius 1 is 1.06 bits per heavy atom. The quantitative estimate of drug-likeness (QED) is 0.426. The number of nitrogens with one attached hydrogen (secondary N) is 1. The van der Waals surface area contributed by atoms with Crippen molar-refractivity contribution >= 4 is 28.2 Å². The molecule has 2 aromatic heterocycles. The molecule has 9 heteroatoms. The average Bonchev–Trinajstić information content (AvgIpc) is 3.39. The molecule has 0 radical (unpaired) electrons. The molecule has 2 heterocycles. The van der Waals surface area contributed by atoms with Gasteiger partial charge in [-0.3, -0.25) is 14.9 Å². The third-order valence-corrected chi connectivity index (χ3v) is 5.34. The lowest BCUT2D eigenvalue weighted by atomic mass is 10.1. The first-order valence-electron chi connectivity index (χ1n) is 9.41. The lowest BCUT2D eigenvalue weighted by Gasteiger charge is -2.09. The number of nitrogens with zero attached hydrogens (tertiary/aromatic N) is 3. The molecule has 0 bridgehead atoms. The van der Waals surface area contributed by atoms with Crippen molar-refractivity contribution in [2.75, 3.05) is 5.32 Å². The molecule has 8 nitrogen and oxygen atoms in total. The number of rotatable bonds is 7. The molecule has 2 aromatic carbocycles. The zero-order chi connectivity index (χ0) is 21.8. The van der Waals surface area contributed by atoms with Crippen molar-refractivity contribution in [3.05, 3.63) is 76.8 Å². The Hall–Kier alpha value is -3.85. The van der Waals surface area contributed by atoms with Crippen molar-refractivity contribution < 1.29 is 18.8 Å². The second-order valence-electron chi connectivity index (χ2n) is 6.59. The summed E-state index contributed by atoms with van der Waals surface area (Å²) < 4.78 is 10.6. The number of carbonyl (C=O) groups is 2. The van der Waals surface area contributed by atoms with Crippen LogP contribution in [0.4, 0.5) is 5.13 Å². The van der Waals surface area contributed by atoms with E-state index in [1.54, 1.807) is 31.2 Å². The van der Waals surface area contributed by atoms with Gasteiger partial charge in [0.1, 0.15) is 5.75 Å². The highest BCUT2D eigenvalue weighted by atomic mass is 32.1. The standard InChI is InChI=1S/C22H18N4O4S/c1-13(27)20-19(15-8-4-3-5-9-15)24-22(31-20)25-21(28)16-10-6-7-11-17(16)29-12-18-23-14(2)30-26-18/h3-11H,12H2,1-2H3,(H,24,25,28). The topological polar surface area (TPSA) is 107 Å². The van der Waals surface area contributed by atoms with E-state index in [9.17, 15) is 9.59 Å². The molecule has 0 aliphatic heterocycles. The van der Waals surface area contributed by atoms with E-state index in [1.165, 1.54) is 6.92 Å². The highest BCUT2D eigenvalue weighted by Crippen LogP contribution is 2.32. The fourth-order valence-corrected chi connectivity index (χ4v) is 3.77. The second kappa shape index (κ2) is 8.88. The first-order chi connectivity index (χ1) is 15.0. The Kier molecular flexibility index (Phi) is 5.85. The normalized spacial score (nSPS) is 10.6. The van der Waals surface area contributed by atoms with E-state index in [4.69, 9.17) is 9.26 Å². The second-order valence-corrected chi connectivity index (χ2v) is 7.59. The van der Waals surface area contributed by atoms with Gasteiger partial charge in [-0.1, -0.05) is 59.0 Å². The summed E-state index contributed by atoms with van der Waals surface area (Å²) in [6, 6.07) is 16.2. The van der Waals surface area contributed by atoms with E-state index in [0.29, 0.717) is 38.7 Å². The number of anilines is 1. The van der Waals surface area contributed by atoms with E-state index in [0.717, 1.165) is 16.9 Å². The number of Topliss-reactive ketones (excluding diaryl/α,β-unsaturated/α-hetero) is 1. The summed E-state index contributed by atoms with van der Waals surface area (Å²) in [7, 11) is 0. The van der Waals surface area contributed by atoms with Crippen LogP contribution in [0.5, 0.6) is 5.75 Å². The lowest BCUT2D eigenvalue weighted by molar-refractivity contribution is 0.101. The number of hydrogen-bond donors (Lipinski definition) is 1. The molecule has 0 aliphatic rings. The summed E-state index contributed by atoms with van der Waals surface area (Å²) in [6.07, 6.45) is 0. The lowest BCUT2D eigenvalue weighted by Crippen LogP contribution is -2.13. The van der Waals surface area contributed by atoms with Gasteiger partial charge in [0, 0.05) is 19.4 Å². The van der Waals surface area contributed by atoms with E-state index in [-0.39, 0.29) is 12.4 Å². The predicted molar refractivity (Wildman–Crippen MR) is 115 cm³/mol. The number of benzene rings is 2. The molecule has 0 atom stereocenters. The minimum Gasteiger partial charge on any atom is -0.485 e. The number of ether oxygens (including phenoxy) is 1. The number of aromatic nitrogens is 3. The number of carbonyl (C=O) groups excluding carboxylic acids is 2. The third-order valence-electron chi connectivity index (χ3n) is 4.27. The van der Waals surface area contributed by atoms with Crippen LogP contribution in [0.25, 0.3) is 11.3 Å². The number of aryl methyl sites for hydroxylation is 1. The van der Waals surface area contributed by atoms with Gasteiger partial charge in [0.2, 0.25) is 11.7 Å². The van der Waals surface area contributed by atoms with Gasteiger partial charge in [-0.15, -0.1) is 0 Å². The average molecular weight is 434 g/mol. The fourth-order valence-electron chi connectivity index (χ4n) is 2.89. The van der Waals surface area contributed by atoms with Crippen LogP contribution in [0, 0.1) is 6.92 Å².